The van der Waals surface area contributed by atoms with Gasteiger partial charge >= 0.3 is 0 Å². The number of rotatable bonds is 11. The average Bonchev–Trinajstić information content (AvgIpc) is 2.66. The van der Waals surface area contributed by atoms with Gasteiger partial charge in [-0.2, -0.15) is 0 Å². The Kier molecular flexibility index (Phi) is 8.24. The molecular formula is C19H25N3O5S. The van der Waals surface area contributed by atoms with Gasteiger partial charge in [0.25, 0.3) is 5.91 Å². The number of sulfonamides is 1. The van der Waals surface area contributed by atoms with Crippen molar-refractivity contribution in [2.45, 2.75) is 6.10 Å². The van der Waals surface area contributed by atoms with Crippen molar-refractivity contribution in [1.82, 2.24) is 10.6 Å². The molecule has 0 saturated heterocycles. The Hall–Kier alpha value is -2.62. The molecule has 28 heavy (non-hydrogen) atoms. The van der Waals surface area contributed by atoms with E-state index in [0.717, 1.165) is 6.26 Å². The Morgan fingerprint density at radius 3 is 2.39 bits per heavy atom. The number of benzene rings is 2. The first kappa shape index (κ1) is 21.7. The lowest BCUT2D eigenvalue weighted by Gasteiger charge is -2.13. The molecule has 0 spiro atoms. The number of para-hydroxylation sites is 1. The Morgan fingerprint density at radius 2 is 1.75 bits per heavy atom. The molecule has 0 bridgehead atoms. The Balaban J connectivity index is 1.61. The van der Waals surface area contributed by atoms with Crippen LogP contribution in [0.5, 0.6) is 5.75 Å². The van der Waals surface area contributed by atoms with Crippen LogP contribution in [0.1, 0.15) is 10.4 Å². The first-order valence-electron chi connectivity index (χ1n) is 8.76. The highest BCUT2D eigenvalue weighted by Crippen LogP contribution is 2.11. The van der Waals surface area contributed by atoms with Crippen molar-refractivity contribution < 1.29 is 23.1 Å². The quantitative estimate of drug-likeness (QED) is 0.410. The molecule has 1 amide bonds. The molecule has 0 saturated carbocycles. The van der Waals surface area contributed by atoms with Gasteiger partial charge in [0.1, 0.15) is 18.5 Å². The molecule has 0 radical (unpaired) electrons. The molecule has 0 aliphatic rings. The van der Waals surface area contributed by atoms with Gasteiger partial charge in [0, 0.05) is 30.9 Å². The number of carbonyl (C=O) groups excluding carboxylic acids is 1. The molecule has 2 aromatic carbocycles. The second kappa shape index (κ2) is 10.6. The molecule has 9 heteroatoms. The van der Waals surface area contributed by atoms with E-state index in [4.69, 9.17) is 4.74 Å². The van der Waals surface area contributed by atoms with Crippen molar-refractivity contribution in [1.29, 1.82) is 0 Å². The summed E-state index contributed by atoms with van der Waals surface area (Å²) in [5, 5.41) is 15.7. The van der Waals surface area contributed by atoms with E-state index in [9.17, 15) is 18.3 Å². The lowest BCUT2D eigenvalue weighted by Crippen LogP contribution is -2.37. The number of aliphatic hydroxyl groups is 1. The van der Waals surface area contributed by atoms with E-state index in [1.807, 2.05) is 30.3 Å². The standard InChI is InChI=1S/C19H25N3O5S/c1-28(25,26)22-16-9-7-15(8-10-16)19(24)21-12-11-20-13-17(23)14-27-18-5-3-2-4-6-18/h2-10,17,20,22-23H,11-14H2,1H3,(H,21,24). The third-order valence-electron chi connectivity index (χ3n) is 3.60. The van der Waals surface area contributed by atoms with E-state index in [1.54, 1.807) is 12.1 Å². The van der Waals surface area contributed by atoms with E-state index in [0.29, 0.717) is 36.6 Å². The zero-order valence-corrected chi connectivity index (χ0v) is 16.4. The van der Waals surface area contributed by atoms with Crippen LogP contribution in [0.2, 0.25) is 0 Å². The summed E-state index contributed by atoms with van der Waals surface area (Å²) in [6.07, 6.45) is 0.400. The summed E-state index contributed by atoms with van der Waals surface area (Å²) < 4.78 is 30.1. The van der Waals surface area contributed by atoms with Crippen molar-refractivity contribution in [2.24, 2.45) is 0 Å². The molecule has 0 aliphatic heterocycles. The van der Waals surface area contributed by atoms with Crippen molar-refractivity contribution in [3.8, 4) is 5.75 Å². The smallest absolute Gasteiger partial charge is 0.251 e. The first-order chi connectivity index (χ1) is 13.3. The molecule has 0 fully saturated rings. The van der Waals surface area contributed by atoms with E-state index >= 15 is 0 Å². The number of hydrogen-bond acceptors (Lipinski definition) is 6. The topological polar surface area (TPSA) is 117 Å². The number of hydrogen-bond donors (Lipinski definition) is 4. The minimum absolute atomic E-state index is 0.178. The van der Waals surface area contributed by atoms with Crippen LogP contribution >= 0.6 is 0 Å². The fourth-order valence-corrected chi connectivity index (χ4v) is 2.87. The van der Waals surface area contributed by atoms with Crippen LogP contribution in [0.25, 0.3) is 0 Å². The lowest BCUT2D eigenvalue weighted by atomic mass is 10.2. The molecule has 1 unspecified atom stereocenters. The third kappa shape index (κ3) is 8.38. The second-order valence-corrected chi connectivity index (χ2v) is 7.94. The van der Waals surface area contributed by atoms with E-state index in [1.165, 1.54) is 12.1 Å². The van der Waals surface area contributed by atoms with E-state index in [2.05, 4.69) is 15.4 Å². The van der Waals surface area contributed by atoms with Crippen molar-refractivity contribution >= 4 is 21.6 Å². The molecule has 0 aromatic heterocycles. The third-order valence-corrected chi connectivity index (χ3v) is 4.21. The maximum Gasteiger partial charge on any atom is 0.251 e. The summed E-state index contributed by atoms with van der Waals surface area (Å²) in [6, 6.07) is 15.4. The second-order valence-electron chi connectivity index (χ2n) is 6.19. The van der Waals surface area contributed by atoms with E-state index < -0.39 is 16.1 Å². The number of nitrogens with one attached hydrogen (secondary N) is 3. The minimum atomic E-state index is -3.35. The van der Waals surface area contributed by atoms with E-state index in [-0.39, 0.29) is 12.5 Å². The number of anilines is 1. The highest BCUT2D eigenvalue weighted by Gasteiger charge is 2.07. The molecule has 2 rings (SSSR count). The maximum absolute atomic E-state index is 12.1. The van der Waals surface area contributed by atoms with Crippen LogP contribution < -0.4 is 20.1 Å². The fourth-order valence-electron chi connectivity index (χ4n) is 2.31. The van der Waals surface area contributed by atoms with Gasteiger partial charge in [0.15, 0.2) is 0 Å². The summed E-state index contributed by atoms with van der Waals surface area (Å²) in [4.78, 5) is 12.1. The number of aliphatic hydroxyl groups excluding tert-OH is 1. The lowest BCUT2D eigenvalue weighted by molar-refractivity contribution is 0.0950. The van der Waals surface area contributed by atoms with Gasteiger partial charge in [-0.1, -0.05) is 18.2 Å². The summed E-state index contributed by atoms with van der Waals surface area (Å²) >= 11 is 0. The normalized spacial score (nSPS) is 12.2. The van der Waals surface area contributed by atoms with Crippen LogP contribution in [0.3, 0.4) is 0 Å². The number of ether oxygens (including phenoxy) is 1. The van der Waals surface area contributed by atoms with Gasteiger partial charge in [0.05, 0.1) is 6.26 Å². The summed E-state index contributed by atoms with van der Waals surface area (Å²) in [5.74, 6) is 0.437. The number of amides is 1. The highest BCUT2D eigenvalue weighted by molar-refractivity contribution is 7.92. The summed E-state index contributed by atoms with van der Waals surface area (Å²) in [7, 11) is -3.35. The Bertz CT molecular complexity index is 842. The van der Waals surface area contributed by atoms with Gasteiger partial charge in [0.2, 0.25) is 10.0 Å². The molecule has 0 aliphatic carbocycles. The van der Waals surface area contributed by atoms with Crippen molar-refractivity contribution in [3.05, 3.63) is 60.2 Å². The Labute approximate surface area is 165 Å². The Morgan fingerprint density at radius 1 is 1.07 bits per heavy atom. The van der Waals surface area contributed by atoms with Crippen LogP contribution in [-0.2, 0) is 10.0 Å². The predicted molar refractivity (Wildman–Crippen MR) is 108 cm³/mol. The largest absolute Gasteiger partial charge is 0.491 e. The van der Waals surface area contributed by atoms with Crippen LogP contribution in [0, 0.1) is 0 Å². The maximum atomic E-state index is 12.1. The predicted octanol–water partition coefficient (Wildman–Crippen LogP) is 0.817. The molecule has 152 valence electrons. The van der Waals surface area contributed by atoms with Crippen LogP contribution in [0.4, 0.5) is 5.69 Å². The van der Waals surface area contributed by atoms with Crippen LogP contribution in [-0.4, -0.2) is 58.0 Å². The molecule has 1 atom stereocenters. The SMILES string of the molecule is CS(=O)(=O)Nc1ccc(C(=O)NCCNCC(O)COc2ccccc2)cc1. The highest BCUT2D eigenvalue weighted by atomic mass is 32.2. The van der Waals surface area contributed by atoms with Crippen LogP contribution in [0.15, 0.2) is 54.6 Å². The zero-order chi connectivity index (χ0) is 20.4. The molecule has 2 aromatic rings. The van der Waals surface area contributed by atoms with Crippen molar-refractivity contribution in [2.75, 3.05) is 37.2 Å². The van der Waals surface area contributed by atoms with Gasteiger partial charge in [-0.3, -0.25) is 9.52 Å². The fraction of sp³-hybridized carbons (Fsp3) is 0.316. The van der Waals surface area contributed by atoms with Gasteiger partial charge in [-0.15, -0.1) is 0 Å². The summed E-state index contributed by atoms with van der Waals surface area (Å²) in [5.41, 5.74) is 0.822. The summed E-state index contributed by atoms with van der Waals surface area (Å²) in [6.45, 7) is 1.39. The van der Waals surface area contributed by atoms with Gasteiger partial charge in [-0.05, 0) is 36.4 Å². The average molecular weight is 407 g/mol. The molecule has 8 nitrogen and oxygen atoms in total. The van der Waals surface area contributed by atoms with Gasteiger partial charge < -0.3 is 20.5 Å². The molecular weight excluding hydrogens is 382 g/mol. The first-order valence-corrected chi connectivity index (χ1v) is 10.7. The minimum Gasteiger partial charge on any atom is -0.491 e. The van der Waals surface area contributed by atoms with Crippen molar-refractivity contribution in [3.63, 3.8) is 0 Å². The zero-order valence-electron chi connectivity index (χ0n) is 15.6. The number of carbonyl (C=O) groups is 1. The monoisotopic (exact) mass is 407 g/mol. The van der Waals surface area contributed by atoms with Gasteiger partial charge in [-0.25, -0.2) is 8.42 Å². The molecule has 4 N–H and O–H groups in total. The molecule has 0 heterocycles.